The summed E-state index contributed by atoms with van der Waals surface area (Å²) < 4.78 is 6.15. The second-order valence-electron chi connectivity index (χ2n) is 4.68. The van der Waals surface area contributed by atoms with Crippen LogP contribution < -0.4 is 5.32 Å². The topological polar surface area (TPSA) is 55.4 Å². The van der Waals surface area contributed by atoms with Gasteiger partial charge in [-0.3, -0.25) is 9.59 Å². The fraction of sp³-hybridized carbons (Fsp3) is 0.467. The molecule has 0 unspecified atom stereocenters. The second-order valence-corrected chi connectivity index (χ2v) is 6.55. The number of benzene rings is 1. The molecule has 1 atom stereocenters. The lowest BCUT2D eigenvalue weighted by Gasteiger charge is -2.13. The molecule has 0 bridgehead atoms. The third kappa shape index (κ3) is 5.71. The summed E-state index contributed by atoms with van der Waals surface area (Å²) in [6.45, 7) is 7.91. The summed E-state index contributed by atoms with van der Waals surface area (Å²) in [5, 5.41) is 2.62. The maximum Gasteiger partial charge on any atom is 0.317 e. The number of carbonyl (C=O) groups is 2. The van der Waals surface area contributed by atoms with E-state index in [9.17, 15) is 9.59 Å². The highest BCUT2D eigenvalue weighted by Crippen LogP contribution is 2.28. The molecule has 116 valence electrons. The molecule has 1 aromatic carbocycles. The summed E-state index contributed by atoms with van der Waals surface area (Å²) in [5.41, 5.74) is 2.22. The number of hydrogen-bond donors (Lipinski definition) is 1. The first-order valence-electron chi connectivity index (χ1n) is 6.71. The van der Waals surface area contributed by atoms with Crippen LogP contribution in [0.4, 0.5) is 0 Å². The Morgan fingerprint density at radius 3 is 2.62 bits per heavy atom. The van der Waals surface area contributed by atoms with Crippen LogP contribution in [0.2, 0.25) is 0 Å². The van der Waals surface area contributed by atoms with Crippen LogP contribution in [0.15, 0.2) is 21.5 Å². The van der Waals surface area contributed by atoms with Crippen molar-refractivity contribution in [3.05, 3.63) is 27.7 Å². The molecule has 1 amide bonds. The molecule has 6 heteroatoms. The van der Waals surface area contributed by atoms with E-state index in [1.807, 2.05) is 32.9 Å². The van der Waals surface area contributed by atoms with E-state index in [1.165, 1.54) is 11.8 Å². The lowest BCUT2D eigenvalue weighted by molar-refractivity contribution is -0.152. The van der Waals surface area contributed by atoms with Gasteiger partial charge in [0.15, 0.2) is 6.10 Å². The number of thioether (sulfide) groups is 1. The molecule has 1 aromatic rings. The zero-order valence-corrected chi connectivity index (χ0v) is 15.1. The van der Waals surface area contributed by atoms with Crippen molar-refractivity contribution in [1.82, 2.24) is 5.32 Å². The normalized spacial score (nSPS) is 11.9. The SMILES string of the molecule is CCNC(=O)[C@@H](C)OC(=O)CSc1cc(C)c(Br)cc1C. The van der Waals surface area contributed by atoms with Crippen molar-refractivity contribution in [2.75, 3.05) is 12.3 Å². The molecule has 0 spiro atoms. The van der Waals surface area contributed by atoms with Crippen molar-refractivity contribution < 1.29 is 14.3 Å². The number of carbonyl (C=O) groups excluding carboxylic acids is 2. The Hall–Kier alpha value is -1.01. The molecule has 0 aliphatic carbocycles. The molecule has 0 aliphatic heterocycles. The van der Waals surface area contributed by atoms with Gasteiger partial charge in [-0.1, -0.05) is 15.9 Å². The van der Waals surface area contributed by atoms with Crippen LogP contribution in [-0.4, -0.2) is 30.3 Å². The van der Waals surface area contributed by atoms with Crippen molar-refractivity contribution in [2.24, 2.45) is 0 Å². The van der Waals surface area contributed by atoms with Crippen LogP contribution >= 0.6 is 27.7 Å². The third-order valence-electron chi connectivity index (χ3n) is 2.83. The van der Waals surface area contributed by atoms with Crippen LogP contribution in [-0.2, 0) is 14.3 Å². The van der Waals surface area contributed by atoms with Crippen molar-refractivity contribution in [2.45, 2.75) is 38.7 Å². The summed E-state index contributed by atoms with van der Waals surface area (Å²) in [5.74, 6) is -0.476. The smallest absolute Gasteiger partial charge is 0.317 e. The minimum absolute atomic E-state index is 0.186. The van der Waals surface area contributed by atoms with Gasteiger partial charge in [0.05, 0.1) is 5.75 Å². The van der Waals surface area contributed by atoms with Gasteiger partial charge in [-0.2, -0.15) is 0 Å². The average Bonchev–Trinajstić information content (AvgIpc) is 2.41. The van der Waals surface area contributed by atoms with Crippen LogP contribution in [0.25, 0.3) is 0 Å². The van der Waals surface area contributed by atoms with E-state index < -0.39 is 12.1 Å². The van der Waals surface area contributed by atoms with Gasteiger partial charge in [0.2, 0.25) is 0 Å². The molecule has 0 saturated carbocycles. The lowest BCUT2D eigenvalue weighted by Crippen LogP contribution is -2.35. The highest BCUT2D eigenvalue weighted by molar-refractivity contribution is 9.10. The molecular weight excluding hydrogens is 354 g/mol. The Labute approximate surface area is 138 Å². The lowest BCUT2D eigenvalue weighted by atomic mass is 10.2. The molecule has 0 heterocycles. The highest BCUT2D eigenvalue weighted by atomic mass is 79.9. The number of rotatable bonds is 6. The maximum atomic E-state index is 11.8. The van der Waals surface area contributed by atoms with Crippen molar-refractivity contribution >= 4 is 39.6 Å². The summed E-state index contributed by atoms with van der Waals surface area (Å²) in [6.07, 6.45) is -0.759. The van der Waals surface area contributed by atoms with Crippen LogP contribution in [0.5, 0.6) is 0 Å². The van der Waals surface area contributed by atoms with Crippen molar-refractivity contribution in [3.8, 4) is 0 Å². The fourth-order valence-electron chi connectivity index (χ4n) is 1.65. The number of nitrogens with one attached hydrogen (secondary N) is 1. The Kier molecular flexibility index (Phi) is 7.25. The molecule has 0 aliphatic rings. The predicted octanol–water partition coefficient (Wildman–Crippen LogP) is 3.23. The van der Waals surface area contributed by atoms with E-state index in [-0.39, 0.29) is 11.7 Å². The molecule has 1 rings (SSSR count). The standard InChI is InChI=1S/C15H20BrNO3S/c1-5-17-15(19)11(4)20-14(18)8-21-13-7-9(2)12(16)6-10(13)3/h6-7,11H,5,8H2,1-4H3,(H,17,19)/t11-/m1/s1. The summed E-state index contributed by atoms with van der Waals surface area (Å²) in [7, 11) is 0. The number of aryl methyl sites for hydroxylation is 2. The molecule has 0 saturated heterocycles. The molecule has 4 nitrogen and oxygen atoms in total. The molecule has 1 N–H and O–H groups in total. The summed E-state index contributed by atoms with van der Waals surface area (Å²) >= 11 is 4.90. The van der Waals surface area contributed by atoms with Crippen molar-refractivity contribution in [1.29, 1.82) is 0 Å². The van der Waals surface area contributed by atoms with Gasteiger partial charge in [-0.25, -0.2) is 0 Å². The van der Waals surface area contributed by atoms with Gasteiger partial charge >= 0.3 is 5.97 Å². The Morgan fingerprint density at radius 1 is 1.33 bits per heavy atom. The van der Waals surface area contributed by atoms with Gasteiger partial charge in [0.1, 0.15) is 0 Å². The number of amides is 1. The Bertz CT molecular complexity index is 534. The zero-order chi connectivity index (χ0) is 16.0. The summed E-state index contributed by atoms with van der Waals surface area (Å²) in [6, 6.07) is 4.06. The molecule has 21 heavy (non-hydrogen) atoms. The van der Waals surface area contributed by atoms with Gasteiger partial charge in [-0.15, -0.1) is 11.8 Å². The second kappa shape index (κ2) is 8.44. The van der Waals surface area contributed by atoms with Crippen LogP contribution in [0.1, 0.15) is 25.0 Å². The van der Waals surface area contributed by atoms with E-state index in [1.54, 1.807) is 6.92 Å². The Morgan fingerprint density at radius 2 is 2.00 bits per heavy atom. The number of ether oxygens (including phenoxy) is 1. The monoisotopic (exact) mass is 373 g/mol. The van der Waals surface area contributed by atoms with E-state index in [0.717, 1.165) is 20.5 Å². The minimum atomic E-state index is -0.759. The van der Waals surface area contributed by atoms with Crippen LogP contribution in [0.3, 0.4) is 0 Å². The maximum absolute atomic E-state index is 11.8. The van der Waals surface area contributed by atoms with Crippen molar-refractivity contribution in [3.63, 3.8) is 0 Å². The first-order chi connectivity index (χ1) is 9.85. The molecule has 0 fully saturated rings. The first kappa shape index (κ1) is 18.0. The zero-order valence-electron chi connectivity index (χ0n) is 12.7. The largest absolute Gasteiger partial charge is 0.452 e. The highest BCUT2D eigenvalue weighted by Gasteiger charge is 2.17. The fourth-order valence-corrected chi connectivity index (χ4v) is 3.00. The van der Waals surface area contributed by atoms with Gasteiger partial charge in [0, 0.05) is 15.9 Å². The minimum Gasteiger partial charge on any atom is -0.452 e. The number of hydrogen-bond acceptors (Lipinski definition) is 4. The number of likely N-dealkylation sites (N-methyl/N-ethyl adjacent to an activating group) is 1. The molecule has 0 radical (unpaired) electrons. The van der Waals surface area contributed by atoms with Crippen LogP contribution in [0, 0.1) is 13.8 Å². The van der Waals surface area contributed by atoms with E-state index in [0.29, 0.717) is 6.54 Å². The van der Waals surface area contributed by atoms with Gasteiger partial charge in [0.25, 0.3) is 5.91 Å². The predicted molar refractivity (Wildman–Crippen MR) is 88.6 cm³/mol. The quantitative estimate of drug-likeness (QED) is 0.614. The summed E-state index contributed by atoms with van der Waals surface area (Å²) in [4.78, 5) is 24.3. The van der Waals surface area contributed by atoms with E-state index in [4.69, 9.17) is 4.74 Å². The number of esters is 1. The molecule has 0 aromatic heterocycles. The van der Waals surface area contributed by atoms with Gasteiger partial charge < -0.3 is 10.1 Å². The number of halogens is 1. The van der Waals surface area contributed by atoms with Gasteiger partial charge in [-0.05, 0) is 51.0 Å². The average molecular weight is 374 g/mol. The third-order valence-corrected chi connectivity index (χ3v) is 4.82. The first-order valence-corrected chi connectivity index (χ1v) is 8.49. The van der Waals surface area contributed by atoms with E-state index >= 15 is 0 Å². The molecular formula is C15H20BrNO3S. The van der Waals surface area contributed by atoms with E-state index in [2.05, 4.69) is 21.2 Å². The Balaban J connectivity index is 2.54.